The molecule has 2 aromatic carbocycles. The van der Waals surface area contributed by atoms with Crippen LogP contribution in [0.5, 0.6) is 0 Å². The minimum Gasteiger partial charge on any atom is -0.344 e. The third-order valence-electron chi connectivity index (χ3n) is 4.50. The Kier molecular flexibility index (Phi) is 5.19. The number of benzene rings is 2. The summed E-state index contributed by atoms with van der Waals surface area (Å²) >= 11 is 0. The smallest absolute Gasteiger partial charge is 0.261 e. The van der Waals surface area contributed by atoms with Gasteiger partial charge in [0.1, 0.15) is 18.0 Å². The highest BCUT2D eigenvalue weighted by Gasteiger charge is 2.26. The molecule has 7 nitrogen and oxygen atoms in total. The molecule has 0 bridgehead atoms. The van der Waals surface area contributed by atoms with Crippen LogP contribution in [0.2, 0.25) is 0 Å². The zero-order chi connectivity index (χ0) is 22.2. The van der Waals surface area contributed by atoms with Crippen molar-refractivity contribution in [1.29, 1.82) is 0 Å². The number of nitrogens with zero attached hydrogens (tertiary/aromatic N) is 2. The van der Waals surface area contributed by atoms with Gasteiger partial charge in [0.15, 0.2) is 11.5 Å². The van der Waals surface area contributed by atoms with Crippen molar-refractivity contribution in [3.63, 3.8) is 0 Å². The van der Waals surface area contributed by atoms with Gasteiger partial charge in [0.25, 0.3) is 10.0 Å². The highest BCUT2D eigenvalue weighted by atomic mass is 32.2. The maximum atomic E-state index is 15.1. The molecule has 31 heavy (non-hydrogen) atoms. The third kappa shape index (κ3) is 3.75. The predicted octanol–water partition coefficient (Wildman–Crippen LogP) is 3.74. The first-order valence-corrected chi connectivity index (χ1v) is 10.3. The highest BCUT2D eigenvalue weighted by molar-refractivity contribution is 7.92. The molecule has 4 rings (SSSR count). The first-order chi connectivity index (χ1) is 14.8. The molecule has 0 spiro atoms. The average molecular weight is 446 g/mol. The van der Waals surface area contributed by atoms with Gasteiger partial charge >= 0.3 is 0 Å². The predicted molar refractivity (Wildman–Crippen MR) is 106 cm³/mol. The van der Waals surface area contributed by atoms with Gasteiger partial charge in [-0.3, -0.25) is 14.5 Å². The number of H-pyrrole nitrogens is 1. The topological polar surface area (TPSA) is 105 Å². The number of nitrogens with one attached hydrogen (secondary N) is 2. The van der Waals surface area contributed by atoms with Crippen molar-refractivity contribution >= 4 is 32.7 Å². The monoisotopic (exact) mass is 446 g/mol. The Morgan fingerprint density at radius 3 is 2.45 bits per heavy atom. The van der Waals surface area contributed by atoms with Gasteiger partial charge in [0, 0.05) is 18.6 Å². The summed E-state index contributed by atoms with van der Waals surface area (Å²) in [5.74, 6) is -3.58. The second kappa shape index (κ2) is 7.84. The first kappa shape index (κ1) is 20.5. The molecule has 0 aliphatic heterocycles. The molecule has 2 aromatic heterocycles. The molecular weight excluding hydrogens is 433 g/mol. The lowest BCUT2D eigenvalue weighted by molar-refractivity contribution is 0.103. The highest BCUT2D eigenvalue weighted by Crippen LogP contribution is 2.27. The van der Waals surface area contributed by atoms with E-state index in [1.165, 1.54) is 30.7 Å². The Bertz CT molecular complexity index is 1400. The van der Waals surface area contributed by atoms with Crippen LogP contribution in [-0.4, -0.2) is 29.2 Å². The van der Waals surface area contributed by atoms with Crippen molar-refractivity contribution in [1.82, 2.24) is 15.0 Å². The van der Waals surface area contributed by atoms with E-state index in [0.29, 0.717) is 0 Å². The zero-order valence-corrected chi connectivity index (χ0v) is 16.4. The van der Waals surface area contributed by atoms with Crippen LogP contribution in [0.25, 0.3) is 11.2 Å². The first-order valence-electron chi connectivity index (χ1n) is 8.80. The fourth-order valence-electron chi connectivity index (χ4n) is 2.96. The average Bonchev–Trinajstić information content (AvgIpc) is 3.20. The number of hydrogen-bond donors (Lipinski definition) is 2. The minimum absolute atomic E-state index is 0.116. The van der Waals surface area contributed by atoms with Crippen LogP contribution in [0.15, 0.2) is 59.9 Å². The van der Waals surface area contributed by atoms with E-state index in [9.17, 15) is 22.0 Å². The van der Waals surface area contributed by atoms with Crippen LogP contribution < -0.4 is 4.72 Å². The van der Waals surface area contributed by atoms with E-state index in [4.69, 9.17) is 0 Å². The number of anilines is 1. The van der Waals surface area contributed by atoms with Crippen LogP contribution >= 0.6 is 0 Å². The van der Waals surface area contributed by atoms with Gasteiger partial charge in [-0.2, -0.15) is 0 Å². The second-order valence-electron chi connectivity index (χ2n) is 6.45. The number of hydrogen-bond acceptors (Lipinski definition) is 5. The quantitative estimate of drug-likeness (QED) is 0.439. The number of rotatable bonds is 6. The van der Waals surface area contributed by atoms with Gasteiger partial charge in [-0.25, -0.2) is 26.6 Å². The maximum Gasteiger partial charge on any atom is 0.261 e. The van der Waals surface area contributed by atoms with Crippen molar-refractivity contribution in [2.24, 2.45) is 0 Å². The molecule has 0 saturated heterocycles. The number of aromatic amines is 1. The molecule has 0 amide bonds. The summed E-state index contributed by atoms with van der Waals surface area (Å²) in [5, 5.41) is 0. The van der Waals surface area contributed by atoms with Crippen LogP contribution in [0.3, 0.4) is 0 Å². The molecule has 0 radical (unpaired) electrons. The number of carbonyl (C=O) groups is 1. The Morgan fingerprint density at radius 1 is 1.03 bits per heavy atom. The lowest BCUT2D eigenvalue weighted by Crippen LogP contribution is -2.16. The van der Waals surface area contributed by atoms with Crippen LogP contribution in [0.4, 0.5) is 18.9 Å². The molecule has 11 heteroatoms. The summed E-state index contributed by atoms with van der Waals surface area (Å²) in [6.07, 6.45) is 3.91. The Morgan fingerprint density at radius 2 is 1.74 bits per heavy atom. The van der Waals surface area contributed by atoms with E-state index in [1.54, 1.807) is 0 Å². The molecule has 0 fully saturated rings. The summed E-state index contributed by atoms with van der Waals surface area (Å²) in [4.78, 5) is 23.2. The number of sulfonamides is 1. The van der Waals surface area contributed by atoms with Gasteiger partial charge < -0.3 is 4.98 Å². The van der Waals surface area contributed by atoms with Crippen molar-refractivity contribution < 1.29 is 26.4 Å². The third-order valence-corrected chi connectivity index (χ3v) is 5.88. The summed E-state index contributed by atoms with van der Waals surface area (Å²) in [6, 6.07) is 6.47. The molecule has 0 atom stereocenters. The van der Waals surface area contributed by atoms with Crippen LogP contribution in [0, 0.1) is 11.6 Å². The number of aromatic nitrogens is 3. The summed E-state index contributed by atoms with van der Waals surface area (Å²) in [6.45, 7) is -0.774. The summed E-state index contributed by atoms with van der Waals surface area (Å²) in [5.41, 5.74) is -1.06. The van der Waals surface area contributed by atoms with Gasteiger partial charge in [-0.05, 0) is 29.8 Å². The summed E-state index contributed by atoms with van der Waals surface area (Å²) < 4.78 is 69.2. The lowest BCUT2D eigenvalue weighted by atomic mass is 10.0. The Balaban J connectivity index is 1.73. The number of carbonyl (C=O) groups excluding carboxylic acids is 1. The fourth-order valence-corrected chi connectivity index (χ4v) is 4.02. The van der Waals surface area contributed by atoms with Gasteiger partial charge in [-0.15, -0.1) is 0 Å². The number of halogens is 3. The standard InChI is InChI=1S/C20H13F3N4O3S/c21-9-11-1-3-12(4-2-11)31(29,30)27-15-6-5-14(22)16(17(15)23)19(28)13-10-26-20-18(13)24-7-8-25-20/h1-8,10,27H,9H2,(H,25,26). The van der Waals surface area contributed by atoms with E-state index in [0.717, 1.165) is 24.3 Å². The SMILES string of the molecule is O=C(c1c(F)ccc(NS(=O)(=O)c2ccc(CF)cc2)c1F)c1c[nH]c2nccnc12. The Hall–Kier alpha value is -3.73. The number of fused-ring (bicyclic) bond motifs is 1. The molecule has 2 heterocycles. The minimum atomic E-state index is -4.28. The zero-order valence-electron chi connectivity index (χ0n) is 15.6. The molecule has 0 aliphatic carbocycles. The molecule has 2 N–H and O–H groups in total. The Labute approximate surface area is 174 Å². The molecule has 158 valence electrons. The van der Waals surface area contributed by atoms with E-state index in [-0.39, 0.29) is 27.2 Å². The number of alkyl halides is 1. The van der Waals surface area contributed by atoms with Crippen molar-refractivity contribution in [3.05, 3.63) is 83.3 Å². The molecular formula is C20H13F3N4O3S. The summed E-state index contributed by atoms with van der Waals surface area (Å²) in [7, 11) is -4.28. The van der Waals surface area contributed by atoms with E-state index < -0.39 is 45.4 Å². The van der Waals surface area contributed by atoms with Crippen molar-refractivity contribution in [2.45, 2.75) is 11.6 Å². The maximum absolute atomic E-state index is 15.1. The normalized spacial score (nSPS) is 11.6. The van der Waals surface area contributed by atoms with Gasteiger partial charge in [-0.1, -0.05) is 12.1 Å². The number of ketones is 1. The van der Waals surface area contributed by atoms with E-state index >= 15 is 4.39 Å². The van der Waals surface area contributed by atoms with Crippen LogP contribution in [0.1, 0.15) is 21.5 Å². The van der Waals surface area contributed by atoms with E-state index in [2.05, 4.69) is 15.0 Å². The largest absolute Gasteiger partial charge is 0.344 e. The van der Waals surface area contributed by atoms with Gasteiger partial charge in [0.2, 0.25) is 5.78 Å². The molecule has 0 unspecified atom stereocenters. The van der Waals surface area contributed by atoms with Gasteiger partial charge in [0.05, 0.1) is 21.7 Å². The van der Waals surface area contributed by atoms with Crippen LogP contribution in [-0.2, 0) is 16.7 Å². The molecule has 0 aliphatic rings. The molecule has 4 aromatic rings. The fraction of sp³-hybridized carbons (Fsp3) is 0.0500. The molecule has 0 saturated carbocycles. The van der Waals surface area contributed by atoms with Crippen molar-refractivity contribution in [3.8, 4) is 0 Å². The van der Waals surface area contributed by atoms with Crippen molar-refractivity contribution in [2.75, 3.05) is 4.72 Å². The second-order valence-corrected chi connectivity index (χ2v) is 8.13. The lowest BCUT2D eigenvalue weighted by Gasteiger charge is -2.12. The van der Waals surface area contributed by atoms with E-state index in [1.807, 2.05) is 4.72 Å².